The van der Waals surface area contributed by atoms with E-state index in [-0.39, 0.29) is 11.9 Å². The number of rotatable bonds is 4. The summed E-state index contributed by atoms with van der Waals surface area (Å²) < 4.78 is 1.63. The van der Waals surface area contributed by atoms with E-state index >= 15 is 0 Å². The van der Waals surface area contributed by atoms with Gasteiger partial charge < -0.3 is 5.32 Å². The van der Waals surface area contributed by atoms with Crippen LogP contribution in [0, 0.1) is 5.92 Å². The van der Waals surface area contributed by atoms with Crippen LogP contribution in [0.1, 0.15) is 53.8 Å². The molecule has 0 unspecified atom stereocenters. The van der Waals surface area contributed by atoms with Gasteiger partial charge in [-0.1, -0.05) is 31.2 Å². The molecule has 1 saturated heterocycles. The topological polar surface area (TPSA) is 50.2 Å². The summed E-state index contributed by atoms with van der Waals surface area (Å²) in [6.07, 6.45) is 2.83. The molecule has 5 nitrogen and oxygen atoms in total. The maximum absolute atomic E-state index is 12.8. The van der Waals surface area contributed by atoms with Crippen LogP contribution in [0.5, 0.6) is 0 Å². The maximum Gasteiger partial charge on any atom is 0.270 e. The Morgan fingerprint density at radius 1 is 1.28 bits per heavy atom. The second-order valence-corrected chi connectivity index (χ2v) is 7.40. The van der Waals surface area contributed by atoms with Gasteiger partial charge in [-0.15, -0.1) is 0 Å². The van der Waals surface area contributed by atoms with E-state index in [1.54, 1.807) is 24.0 Å². The van der Waals surface area contributed by atoms with E-state index in [0.29, 0.717) is 23.6 Å². The summed E-state index contributed by atoms with van der Waals surface area (Å²) in [6.45, 7) is 6.68. The van der Waals surface area contributed by atoms with Crippen molar-refractivity contribution in [3.05, 3.63) is 53.3 Å². The minimum absolute atomic E-state index is 0.0394. The Hall–Kier alpha value is -2.14. The lowest BCUT2D eigenvalue weighted by Crippen LogP contribution is -2.36. The molecule has 5 heteroatoms. The Morgan fingerprint density at radius 2 is 2.04 bits per heavy atom. The molecule has 1 amide bonds. The molecule has 2 aromatic rings. The zero-order valence-corrected chi connectivity index (χ0v) is 15.1. The van der Waals surface area contributed by atoms with Crippen molar-refractivity contribution in [3.8, 4) is 0 Å². The number of aryl methyl sites for hydroxylation is 1. The monoisotopic (exact) mass is 338 g/mol. The molecule has 2 heterocycles. The van der Waals surface area contributed by atoms with E-state index in [1.807, 2.05) is 0 Å². The van der Waals surface area contributed by atoms with Gasteiger partial charge in [0.25, 0.3) is 5.91 Å². The molecule has 1 N–H and O–H groups in total. The number of carbonyl (C=O) groups excluding carboxylic acids is 1. The lowest BCUT2D eigenvalue weighted by molar-refractivity contribution is 0.0913. The SMILES string of the molecule is CC[C@@H](C)N1C[C@@H]2[C@H](NC(=O)c3ccnn3C)c3ccccc3[C@@H]2C1. The lowest BCUT2D eigenvalue weighted by atomic mass is 9.94. The summed E-state index contributed by atoms with van der Waals surface area (Å²) in [4.78, 5) is 15.3. The standard InChI is InChI=1S/C20H26N4O/c1-4-13(2)24-11-16-14-7-5-6-8-15(14)19(17(16)12-24)22-20(25)18-9-10-21-23(18)3/h5-10,13,16-17,19H,4,11-12H2,1-3H3,(H,22,25)/t13-,16+,17+,19-/m1/s1. The summed E-state index contributed by atoms with van der Waals surface area (Å²) in [5.74, 6) is 0.924. The maximum atomic E-state index is 12.8. The molecule has 1 aliphatic heterocycles. The van der Waals surface area contributed by atoms with Crippen molar-refractivity contribution in [2.75, 3.05) is 13.1 Å². The van der Waals surface area contributed by atoms with Crippen LogP contribution in [0.15, 0.2) is 36.5 Å². The zero-order chi connectivity index (χ0) is 17.6. The predicted molar refractivity (Wildman–Crippen MR) is 97.4 cm³/mol. The number of nitrogens with zero attached hydrogens (tertiary/aromatic N) is 3. The highest BCUT2D eigenvalue weighted by Gasteiger charge is 2.47. The fraction of sp³-hybridized carbons (Fsp3) is 0.500. The Morgan fingerprint density at radius 3 is 2.72 bits per heavy atom. The van der Waals surface area contributed by atoms with Crippen LogP contribution in [-0.4, -0.2) is 39.7 Å². The molecule has 1 aromatic carbocycles. The molecule has 132 valence electrons. The molecule has 0 radical (unpaired) electrons. The second kappa shape index (κ2) is 6.30. The third kappa shape index (κ3) is 2.67. The number of nitrogens with one attached hydrogen (secondary N) is 1. The lowest BCUT2D eigenvalue weighted by Gasteiger charge is -2.26. The Bertz CT molecular complexity index is 784. The second-order valence-electron chi connectivity index (χ2n) is 7.40. The first-order valence-corrected chi connectivity index (χ1v) is 9.22. The van der Waals surface area contributed by atoms with Gasteiger partial charge in [0.2, 0.25) is 0 Å². The van der Waals surface area contributed by atoms with E-state index < -0.39 is 0 Å². The van der Waals surface area contributed by atoms with Gasteiger partial charge in [-0.3, -0.25) is 14.4 Å². The number of likely N-dealkylation sites (tertiary alicyclic amines) is 1. The average Bonchev–Trinajstić information content (AvgIpc) is 3.30. The highest BCUT2D eigenvalue weighted by atomic mass is 16.2. The molecule has 1 fully saturated rings. The van der Waals surface area contributed by atoms with Crippen molar-refractivity contribution in [3.63, 3.8) is 0 Å². The number of carbonyl (C=O) groups is 1. The Labute approximate surface area is 149 Å². The number of hydrogen-bond donors (Lipinski definition) is 1. The van der Waals surface area contributed by atoms with Gasteiger partial charge in [-0.2, -0.15) is 5.10 Å². The minimum Gasteiger partial charge on any atom is -0.344 e. The molecular formula is C20H26N4O. The fourth-order valence-electron chi connectivity index (χ4n) is 4.50. The van der Waals surface area contributed by atoms with Crippen molar-refractivity contribution in [2.45, 2.75) is 38.3 Å². The van der Waals surface area contributed by atoms with Crippen LogP contribution in [0.2, 0.25) is 0 Å². The molecule has 25 heavy (non-hydrogen) atoms. The third-order valence-corrected chi connectivity index (χ3v) is 6.11. The first kappa shape index (κ1) is 16.3. The number of benzene rings is 1. The normalized spacial score (nSPS) is 26.3. The van der Waals surface area contributed by atoms with Gasteiger partial charge in [0, 0.05) is 44.2 Å². The fourth-order valence-corrected chi connectivity index (χ4v) is 4.50. The van der Waals surface area contributed by atoms with Gasteiger partial charge in [-0.05, 0) is 30.5 Å². The first-order valence-electron chi connectivity index (χ1n) is 9.22. The molecule has 1 aromatic heterocycles. The first-order chi connectivity index (χ1) is 12.1. The zero-order valence-electron chi connectivity index (χ0n) is 15.1. The van der Waals surface area contributed by atoms with E-state index in [2.05, 4.69) is 53.4 Å². The van der Waals surface area contributed by atoms with E-state index in [4.69, 9.17) is 0 Å². The Kier molecular flexibility index (Phi) is 4.12. The van der Waals surface area contributed by atoms with E-state index in [9.17, 15) is 4.79 Å². The summed E-state index contributed by atoms with van der Waals surface area (Å²) in [7, 11) is 1.81. The van der Waals surface area contributed by atoms with Crippen LogP contribution in [0.4, 0.5) is 0 Å². The molecule has 0 bridgehead atoms. The molecule has 4 rings (SSSR count). The number of amides is 1. The predicted octanol–water partition coefficient (Wildman–Crippen LogP) is 2.72. The quantitative estimate of drug-likeness (QED) is 0.932. The molecule has 0 saturated carbocycles. The van der Waals surface area contributed by atoms with Gasteiger partial charge in [0.15, 0.2) is 0 Å². The van der Waals surface area contributed by atoms with Crippen molar-refractivity contribution in [1.29, 1.82) is 0 Å². The van der Waals surface area contributed by atoms with Crippen LogP contribution in [-0.2, 0) is 7.05 Å². The van der Waals surface area contributed by atoms with Crippen molar-refractivity contribution in [2.24, 2.45) is 13.0 Å². The van der Waals surface area contributed by atoms with E-state index in [1.165, 1.54) is 11.1 Å². The molecule has 1 aliphatic carbocycles. The van der Waals surface area contributed by atoms with Gasteiger partial charge in [0.1, 0.15) is 5.69 Å². The third-order valence-electron chi connectivity index (χ3n) is 6.11. The minimum atomic E-state index is -0.0394. The van der Waals surface area contributed by atoms with Crippen LogP contribution >= 0.6 is 0 Å². The van der Waals surface area contributed by atoms with Gasteiger partial charge >= 0.3 is 0 Å². The molecular weight excluding hydrogens is 312 g/mol. The van der Waals surface area contributed by atoms with Crippen molar-refractivity contribution < 1.29 is 4.79 Å². The van der Waals surface area contributed by atoms with Crippen molar-refractivity contribution in [1.82, 2.24) is 20.0 Å². The number of hydrogen-bond acceptors (Lipinski definition) is 3. The Balaban J connectivity index is 1.62. The summed E-state index contributed by atoms with van der Waals surface area (Å²) in [5.41, 5.74) is 3.31. The van der Waals surface area contributed by atoms with Crippen molar-refractivity contribution >= 4 is 5.91 Å². The molecule has 4 atom stereocenters. The highest BCUT2D eigenvalue weighted by molar-refractivity contribution is 5.92. The summed E-state index contributed by atoms with van der Waals surface area (Å²) in [5, 5.41) is 7.42. The van der Waals surface area contributed by atoms with Gasteiger partial charge in [-0.25, -0.2) is 0 Å². The molecule has 0 spiro atoms. The molecule has 2 aliphatic rings. The number of fused-ring (bicyclic) bond motifs is 3. The van der Waals surface area contributed by atoms with Crippen LogP contribution in [0.3, 0.4) is 0 Å². The smallest absolute Gasteiger partial charge is 0.270 e. The summed E-state index contributed by atoms with van der Waals surface area (Å²) in [6, 6.07) is 11.1. The largest absolute Gasteiger partial charge is 0.344 e. The average molecular weight is 338 g/mol. The van der Waals surface area contributed by atoms with Crippen LogP contribution < -0.4 is 5.32 Å². The highest BCUT2D eigenvalue weighted by Crippen LogP contribution is 2.49. The summed E-state index contributed by atoms with van der Waals surface area (Å²) >= 11 is 0. The number of aromatic nitrogens is 2. The van der Waals surface area contributed by atoms with Crippen LogP contribution in [0.25, 0.3) is 0 Å². The van der Waals surface area contributed by atoms with E-state index in [0.717, 1.165) is 19.5 Å². The van der Waals surface area contributed by atoms with Gasteiger partial charge in [0.05, 0.1) is 6.04 Å².